The number of likely N-dealkylation sites (tertiary alicyclic amines) is 1. The minimum absolute atomic E-state index is 0.233. The number of aromatic nitrogens is 3. The van der Waals surface area contributed by atoms with E-state index in [9.17, 15) is 4.79 Å². The minimum Gasteiger partial charge on any atom is -0.383 e. The van der Waals surface area contributed by atoms with E-state index in [1.807, 2.05) is 29.4 Å². The second-order valence-electron chi connectivity index (χ2n) is 6.51. The van der Waals surface area contributed by atoms with Gasteiger partial charge in [0, 0.05) is 63.9 Å². The lowest BCUT2D eigenvalue weighted by atomic mass is 9.96. The molecule has 2 aromatic rings. The van der Waals surface area contributed by atoms with Crippen molar-refractivity contribution in [2.75, 3.05) is 26.8 Å². The summed E-state index contributed by atoms with van der Waals surface area (Å²) >= 11 is 0. The van der Waals surface area contributed by atoms with Crippen molar-refractivity contribution in [2.24, 2.45) is 0 Å². The molecule has 2 aromatic heterocycles. The smallest absolute Gasteiger partial charge is 0.222 e. The van der Waals surface area contributed by atoms with E-state index in [1.165, 1.54) is 0 Å². The fourth-order valence-electron chi connectivity index (χ4n) is 3.43. The van der Waals surface area contributed by atoms with E-state index in [4.69, 9.17) is 4.74 Å². The summed E-state index contributed by atoms with van der Waals surface area (Å²) in [4.78, 5) is 23.2. The molecule has 1 aliphatic heterocycles. The van der Waals surface area contributed by atoms with Crippen molar-refractivity contribution < 1.29 is 9.53 Å². The van der Waals surface area contributed by atoms with Crippen LogP contribution in [0.5, 0.6) is 0 Å². The molecule has 0 unspecified atom stereocenters. The van der Waals surface area contributed by atoms with Crippen molar-refractivity contribution in [1.82, 2.24) is 19.4 Å². The van der Waals surface area contributed by atoms with Crippen LogP contribution in [-0.2, 0) is 22.5 Å². The topological polar surface area (TPSA) is 60.2 Å². The first-order valence-corrected chi connectivity index (χ1v) is 8.94. The van der Waals surface area contributed by atoms with Gasteiger partial charge in [0.2, 0.25) is 5.91 Å². The number of imidazole rings is 1. The molecule has 0 aromatic carbocycles. The summed E-state index contributed by atoms with van der Waals surface area (Å²) in [6, 6.07) is 3.94. The quantitative estimate of drug-likeness (QED) is 0.774. The molecule has 0 aliphatic carbocycles. The zero-order chi connectivity index (χ0) is 17.5. The average Bonchev–Trinajstić information content (AvgIpc) is 3.14. The van der Waals surface area contributed by atoms with Gasteiger partial charge in [-0.25, -0.2) is 4.98 Å². The zero-order valence-corrected chi connectivity index (χ0v) is 14.8. The molecule has 6 nitrogen and oxygen atoms in total. The van der Waals surface area contributed by atoms with Gasteiger partial charge < -0.3 is 14.2 Å². The highest BCUT2D eigenvalue weighted by molar-refractivity contribution is 5.76. The molecule has 25 heavy (non-hydrogen) atoms. The van der Waals surface area contributed by atoms with E-state index >= 15 is 0 Å². The summed E-state index contributed by atoms with van der Waals surface area (Å²) < 4.78 is 7.33. The summed E-state index contributed by atoms with van der Waals surface area (Å²) in [5, 5.41) is 0. The van der Waals surface area contributed by atoms with Gasteiger partial charge in [-0.15, -0.1) is 0 Å². The molecule has 0 saturated carbocycles. The van der Waals surface area contributed by atoms with E-state index in [-0.39, 0.29) is 5.91 Å². The van der Waals surface area contributed by atoms with Crippen LogP contribution in [0.2, 0.25) is 0 Å². The van der Waals surface area contributed by atoms with Crippen molar-refractivity contribution in [1.29, 1.82) is 0 Å². The maximum Gasteiger partial charge on any atom is 0.222 e. The fourth-order valence-corrected chi connectivity index (χ4v) is 3.43. The second kappa shape index (κ2) is 8.76. The third-order valence-electron chi connectivity index (χ3n) is 4.80. The van der Waals surface area contributed by atoms with Gasteiger partial charge in [-0.1, -0.05) is 0 Å². The van der Waals surface area contributed by atoms with Gasteiger partial charge >= 0.3 is 0 Å². The van der Waals surface area contributed by atoms with Crippen LogP contribution in [0.4, 0.5) is 0 Å². The van der Waals surface area contributed by atoms with E-state index in [1.54, 1.807) is 19.5 Å². The highest BCUT2D eigenvalue weighted by Crippen LogP contribution is 2.26. The number of rotatable bonds is 7. The molecule has 1 atom stereocenters. The SMILES string of the molecule is COCCn1ccnc1[C@H]1CCCN(C(=O)CCc2ccncc2)C1. The van der Waals surface area contributed by atoms with Gasteiger partial charge in [0.15, 0.2) is 0 Å². The Labute approximate surface area is 148 Å². The van der Waals surface area contributed by atoms with Crippen LogP contribution in [0.25, 0.3) is 0 Å². The van der Waals surface area contributed by atoms with Crippen LogP contribution in [0, 0.1) is 0 Å². The van der Waals surface area contributed by atoms with Gasteiger partial charge in [0.05, 0.1) is 6.61 Å². The Morgan fingerprint density at radius 3 is 2.96 bits per heavy atom. The van der Waals surface area contributed by atoms with Crippen LogP contribution in [0.3, 0.4) is 0 Å². The van der Waals surface area contributed by atoms with Crippen LogP contribution in [-0.4, -0.2) is 52.1 Å². The summed E-state index contributed by atoms with van der Waals surface area (Å²) in [6.07, 6.45) is 10.8. The molecule has 3 rings (SSSR count). The number of aryl methyl sites for hydroxylation is 1. The predicted octanol–water partition coefficient (Wildman–Crippen LogP) is 2.26. The van der Waals surface area contributed by atoms with Gasteiger partial charge in [0.25, 0.3) is 0 Å². The second-order valence-corrected chi connectivity index (χ2v) is 6.51. The van der Waals surface area contributed by atoms with E-state index in [0.29, 0.717) is 18.9 Å². The first-order chi connectivity index (χ1) is 12.3. The van der Waals surface area contributed by atoms with E-state index in [0.717, 1.165) is 50.3 Å². The Morgan fingerprint density at radius 1 is 1.32 bits per heavy atom. The lowest BCUT2D eigenvalue weighted by Crippen LogP contribution is -2.40. The number of hydrogen-bond acceptors (Lipinski definition) is 4. The molecule has 1 amide bonds. The van der Waals surface area contributed by atoms with E-state index in [2.05, 4.69) is 14.5 Å². The number of nitrogens with zero attached hydrogens (tertiary/aromatic N) is 4. The lowest BCUT2D eigenvalue weighted by Gasteiger charge is -2.33. The maximum atomic E-state index is 12.6. The van der Waals surface area contributed by atoms with Crippen LogP contribution >= 0.6 is 0 Å². The number of piperidine rings is 1. The van der Waals surface area contributed by atoms with Crippen LogP contribution < -0.4 is 0 Å². The molecule has 0 bridgehead atoms. The molecule has 6 heteroatoms. The average molecular weight is 342 g/mol. The molecule has 0 spiro atoms. The summed E-state index contributed by atoms with van der Waals surface area (Å²) in [7, 11) is 1.71. The summed E-state index contributed by atoms with van der Waals surface area (Å²) in [5.74, 6) is 1.62. The highest BCUT2D eigenvalue weighted by atomic mass is 16.5. The Kier molecular flexibility index (Phi) is 6.17. The van der Waals surface area contributed by atoms with Crippen molar-refractivity contribution in [3.63, 3.8) is 0 Å². The largest absolute Gasteiger partial charge is 0.383 e. The monoisotopic (exact) mass is 342 g/mol. The van der Waals surface area contributed by atoms with Gasteiger partial charge in [-0.3, -0.25) is 9.78 Å². The van der Waals surface area contributed by atoms with Crippen LogP contribution in [0.1, 0.15) is 36.6 Å². The maximum absolute atomic E-state index is 12.6. The molecular weight excluding hydrogens is 316 g/mol. The Balaban J connectivity index is 1.57. The number of carbonyl (C=O) groups is 1. The molecule has 3 heterocycles. The number of carbonyl (C=O) groups excluding carboxylic acids is 1. The van der Waals surface area contributed by atoms with Crippen molar-refractivity contribution in [3.05, 3.63) is 48.3 Å². The highest BCUT2D eigenvalue weighted by Gasteiger charge is 2.27. The number of amides is 1. The normalized spacial score (nSPS) is 17.6. The third-order valence-corrected chi connectivity index (χ3v) is 4.80. The zero-order valence-electron chi connectivity index (χ0n) is 14.8. The van der Waals surface area contributed by atoms with Crippen molar-refractivity contribution >= 4 is 5.91 Å². The predicted molar refractivity (Wildman–Crippen MR) is 95.2 cm³/mol. The van der Waals surface area contributed by atoms with Crippen LogP contribution in [0.15, 0.2) is 36.9 Å². The summed E-state index contributed by atoms with van der Waals surface area (Å²) in [5.41, 5.74) is 1.16. The number of hydrogen-bond donors (Lipinski definition) is 0. The van der Waals surface area contributed by atoms with Gasteiger partial charge in [0.1, 0.15) is 5.82 Å². The molecule has 1 fully saturated rings. The molecule has 1 aliphatic rings. The summed E-state index contributed by atoms with van der Waals surface area (Å²) in [6.45, 7) is 3.09. The number of pyridine rings is 1. The third kappa shape index (κ3) is 4.66. The molecule has 0 radical (unpaired) electrons. The lowest BCUT2D eigenvalue weighted by molar-refractivity contribution is -0.132. The van der Waals surface area contributed by atoms with Crippen molar-refractivity contribution in [2.45, 2.75) is 38.1 Å². The number of methoxy groups -OCH3 is 1. The van der Waals surface area contributed by atoms with Gasteiger partial charge in [-0.05, 0) is 37.0 Å². The minimum atomic E-state index is 0.233. The first-order valence-electron chi connectivity index (χ1n) is 8.94. The van der Waals surface area contributed by atoms with Gasteiger partial charge in [-0.2, -0.15) is 0 Å². The molecule has 0 N–H and O–H groups in total. The standard InChI is InChI=1S/C19H26N4O2/c1-25-14-13-22-12-10-21-19(22)17-3-2-11-23(15-17)18(24)5-4-16-6-8-20-9-7-16/h6-10,12,17H,2-5,11,13-15H2,1H3/t17-/m0/s1. The first kappa shape index (κ1) is 17.6. The Hall–Kier alpha value is -2.21. The van der Waals surface area contributed by atoms with E-state index < -0.39 is 0 Å². The fraction of sp³-hybridized carbons (Fsp3) is 0.526. The molecule has 1 saturated heterocycles. The number of ether oxygens (including phenoxy) is 1. The Morgan fingerprint density at radius 2 is 2.16 bits per heavy atom. The Bertz CT molecular complexity index is 671. The molecule has 134 valence electrons. The van der Waals surface area contributed by atoms with Crippen molar-refractivity contribution in [3.8, 4) is 0 Å². The molecular formula is C19H26N4O2.